The second kappa shape index (κ2) is 48.8. The Kier molecular flexibility index (Phi) is 44.7. The molecule has 12 nitrogen and oxygen atoms in total. The lowest BCUT2D eigenvalue weighted by atomic mass is 9.98. The number of aliphatic hydroxyl groups excluding tert-OH is 2. The van der Waals surface area contributed by atoms with Crippen molar-refractivity contribution in [2.75, 3.05) is 13.2 Å². The van der Waals surface area contributed by atoms with Crippen molar-refractivity contribution in [2.24, 2.45) is 0 Å². The summed E-state index contributed by atoms with van der Waals surface area (Å²) >= 11 is 0. The molecular formula is C61H100O12. The smallest absolute Gasteiger partial charge is 0.335 e. The lowest BCUT2D eigenvalue weighted by Crippen LogP contribution is -2.61. The number of carbonyl (C=O) groups excluding carboxylic acids is 3. The van der Waals surface area contributed by atoms with Crippen LogP contribution in [0.25, 0.3) is 0 Å². The van der Waals surface area contributed by atoms with E-state index in [1.807, 2.05) is 12.2 Å². The molecule has 1 heterocycles. The normalized spacial score (nSPS) is 18.9. The molecule has 0 aromatic carbocycles. The van der Waals surface area contributed by atoms with Crippen LogP contribution in [-0.4, -0.2) is 89.2 Å². The molecule has 6 atom stereocenters. The average Bonchev–Trinajstić information content (AvgIpc) is 3.37. The van der Waals surface area contributed by atoms with Crippen molar-refractivity contribution < 1.29 is 58.2 Å². The number of allylic oxidation sites excluding steroid dienone is 14. The molecule has 6 unspecified atom stereocenters. The molecule has 1 aliphatic rings. The van der Waals surface area contributed by atoms with E-state index < -0.39 is 67.3 Å². The maximum atomic E-state index is 13.1. The summed E-state index contributed by atoms with van der Waals surface area (Å²) in [5.74, 6) is -3.24. The monoisotopic (exact) mass is 1020 g/mol. The maximum absolute atomic E-state index is 13.1. The fourth-order valence-corrected chi connectivity index (χ4v) is 8.08. The number of carboxylic acid groups (broad SMARTS) is 1. The van der Waals surface area contributed by atoms with E-state index in [0.717, 1.165) is 103 Å². The predicted molar refractivity (Wildman–Crippen MR) is 294 cm³/mol. The molecule has 0 bridgehead atoms. The van der Waals surface area contributed by atoms with Gasteiger partial charge in [-0.3, -0.25) is 14.4 Å². The molecule has 1 fully saturated rings. The van der Waals surface area contributed by atoms with Crippen molar-refractivity contribution in [3.8, 4) is 0 Å². The van der Waals surface area contributed by atoms with E-state index >= 15 is 0 Å². The van der Waals surface area contributed by atoms with E-state index in [4.69, 9.17) is 23.7 Å². The zero-order valence-electron chi connectivity index (χ0n) is 45.6. The summed E-state index contributed by atoms with van der Waals surface area (Å²) in [5, 5.41) is 31.4. The van der Waals surface area contributed by atoms with E-state index in [2.05, 4.69) is 93.7 Å². The quantitative estimate of drug-likeness (QED) is 0.0228. The minimum Gasteiger partial charge on any atom is -0.479 e. The van der Waals surface area contributed by atoms with Gasteiger partial charge in [-0.15, -0.1) is 0 Å². The van der Waals surface area contributed by atoms with Crippen molar-refractivity contribution in [3.05, 3.63) is 85.1 Å². The molecule has 0 aromatic rings. The zero-order valence-corrected chi connectivity index (χ0v) is 45.6. The fraction of sp³-hybridized carbons (Fsp3) is 0.705. The fourth-order valence-electron chi connectivity index (χ4n) is 8.08. The SMILES string of the molecule is CC/C=C\C/C=C\C/C=C\C/C=C\C/C=C\C/C=C\CCC(=O)OCC(COC1OC(C(=O)O)C(O)C(O)C1OC(=O)CCCCCCCCCCCCCCC)OC(=O)CCCCCCC/C=C\CCCC. The van der Waals surface area contributed by atoms with Crippen LogP contribution in [0.4, 0.5) is 0 Å². The molecule has 1 saturated heterocycles. The lowest BCUT2D eigenvalue weighted by molar-refractivity contribution is -0.301. The van der Waals surface area contributed by atoms with Crippen LogP contribution in [0.15, 0.2) is 85.1 Å². The van der Waals surface area contributed by atoms with Crippen molar-refractivity contribution in [1.82, 2.24) is 0 Å². The number of hydrogen-bond donors (Lipinski definition) is 3. The highest BCUT2D eigenvalue weighted by atomic mass is 16.7. The van der Waals surface area contributed by atoms with E-state index in [1.54, 1.807) is 0 Å². The third kappa shape index (κ3) is 39.0. The van der Waals surface area contributed by atoms with Gasteiger partial charge in [-0.1, -0.05) is 215 Å². The molecule has 416 valence electrons. The molecule has 0 amide bonds. The number of aliphatic carboxylic acids is 1. The maximum Gasteiger partial charge on any atom is 0.335 e. The van der Waals surface area contributed by atoms with Crippen LogP contribution in [0, 0.1) is 0 Å². The summed E-state index contributed by atoms with van der Waals surface area (Å²) in [5.41, 5.74) is 0. The highest BCUT2D eigenvalue weighted by Gasteiger charge is 2.50. The summed E-state index contributed by atoms with van der Waals surface area (Å²) < 4.78 is 28.3. The number of esters is 3. The van der Waals surface area contributed by atoms with E-state index in [9.17, 15) is 34.5 Å². The molecule has 0 aliphatic carbocycles. The van der Waals surface area contributed by atoms with Gasteiger partial charge in [-0.25, -0.2) is 4.79 Å². The minimum absolute atomic E-state index is 0.0526. The van der Waals surface area contributed by atoms with Crippen molar-refractivity contribution in [3.63, 3.8) is 0 Å². The molecule has 1 aliphatic heterocycles. The van der Waals surface area contributed by atoms with Crippen molar-refractivity contribution in [2.45, 2.75) is 263 Å². The van der Waals surface area contributed by atoms with Crippen LogP contribution in [0.5, 0.6) is 0 Å². The standard InChI is InChI=1S/C61H100O12/c1-4-7-10-13-16-19-22-24-25-26-27-28-29-31-33-35-38-41-44-47-53(62)69-50-52(71-54(63)48-45-42-39-36-32-21-18-15-12-9-6-3)51-70-61-59(57(66)56(65)58(73-61)60(67)68)72-55(64)49-46-43-40-37-34-30-23-20-17-14-11-8-5-2/h7,10,15-16,18-19,24-25,27-28,31,33,38,41,52,56-59,61,65-66H,4-6,8-9,11-14,17,20-23,26,29-30,32,34-37,39-40,42-51H2,1-3H3,(H,67,68)/b10-7-,18-15-,19-16-,25-24-,28-27-,33-31-,41-38-. The van der Waals surface area contributed by atoms with Gasteiger partial charge >= 0.3 is 23.9 Å². The predicted octanol–water partition coefficient (Wildman–Crippen LogP) is 14.3. The molecular weight excluding hydrogens is 925 g/mol. The largest absolute Gasteiger partial charge is 0.479 e. The third-order valence-corrected chi connectivity index (χ3v) is 12.5. The van der Waals surface area contributed by atoms with Gasteiger partial charge < -0.3 is 39.0 Å². The Morgan fingerprint density at radius 3 is 1.41 bits per heavy atom. The third-order valence-electron chi connectivity index (χ3n) is 12.5. The van der Waals surface area contributed by atoms with Gasteiger partial charge in [0.25, 0.3) is 0 Å². The summed E-state index contributed by atoms with van der Waals surface area (Å²) in [6, 6.07) is 0. The van der Waals surface area contributed by atoms with Gasteiger partial charge in [0.2, 0.25) is 0 Å². The molecule has 0 saturated carbocycles. The van der Waals surface area contributed by atoms with Gasteiger partial charge in [-0.05, 0) is 77.0 Å². The number of unbranched alkanes of at least 4 members (excludes halogenated alkanes) is 19. The number of ether oxygens (including phenoxy) is 5. The van der Waals surface area contributed by atoms with Crippen LogP contribution in [-0.2, 0) is 42.9 Å². The Balaban J connectivity index is 2.74. The van der Waals surface area contributed by atoms with Crippen LogP contribution in [0.2, 0.25) is 0 Å². The van der Waals surface area contributed by atoms with Gasteiger partial charge in [-0.2, -0.15) is 0 Å². The zero-order chi connectivity index (χ0) is 53.3. The van der Waals surface area contributed by atoms with Gasteiger partial charge in [0.05, 0.1) is 6.61 Å². The first-order valence-electron chi connectivity index (χ1n) is 28.6. The highest BCUT2D eigenvalue weighted by Crippen LogP contribution is 2.26. The first-order valence-corrected chi connectivity index (χ1v) is 28.6. The van der Waals surface area contributed by atoms with Gasteiger partial charge in [0.15, 0.2) is 24.6 Å². The molecule has 1 rings (SSSR count). The summed E-state index contributed by atoms with van der Waals surface area (Å²) in [6.45, 7) is 5.75. The number of hydrogen-bond acceptors (Lipinski definition) is 11. The Hall–Kier alpha value is -4.10. The molecule has 12 heteroatoms. The van der Waals surface area contributed by atoms with Crippen LogP contribution >= 0.6 is 0 Å². The second-order valence-corrected chi connectivity index (χ2v) is 19.2. The summed E-state index contributed by atoms with van der Waals surface area (Å²) in [4.78, 5) is 50.9. The van der Waals surface area contributed by atoms with Crippen LogP contribution < -0.4 is 0 Å². The van der Waals surface area contributed by atoms with E-state index in [-0.39, 0.29) is 25.9 Å². The Bertz CT molecular complexity index is 1590. The highest BCUT2D eigenvalue weighted by molar-refractivity contribution is 5.74. The number of aliphatic hydroxyl groups is 2. The second-order valence-electron chi connectivity index (χ2n) is 19.2. The topological polar surface area (TPSA) is 175 Å². The van der Waals surface area contributed by atoms with Crippen LogP contribution in [0.1, 0.15) is 226 Å². The molecule has 0 aromatic heterocycles. The number of carbonyl (C=O) groups is 4. The molecule has 0 radical (unpaired) electrons. The minimum atomic E-state index is -1.91. The molecule has 73 heavy (non-hydrogen) atoms. The average molecular weight is 1030 g/mol. The molecule has 0 spiro atoms. The first-order chi connectivity index (χ1) is 35.6. The van der Waals surface area contributed by atoms with Crippen molar-refractivity contribution >= 4 is 23.9 Å². The Labute approximate surface area is 441 Å². The summed E-state index contributed by atoms with van der Waals surface area (Å²) in [6.07, 6.45) is 50.1. The van der Waals surface area contributed by atoms with Crippen LogP contribution in [0.3, 0.4) is 0 Å². The lowest BCUT2D eigenvalue weighted by Gasteiger charge is -2.40. The Morgan fingerprint density at radius 2 is 0.904 bits per heavy atom. The van der Waals surface area contributed by atoms with E-state index in [0.29, 0.717) is 19.3 Å². The first kappa shape index (κ1) is 66.9. The van der Waals surface area contributed by atoms with Crippen molar-refractivity contribution in [1.29, 1.82) is 0 Å². The summed E-state index contributed by atoms with van der Waals surface area (Å²) in [7, 11) is 0. The van der Waals surface area contributed by atoms with E-state index in [1.165, 1.54) is 64.2 Å². The molecule has 3 N–H and O–H groups in total. The van der Waals surface area contributed by atoms with Gasteiger partial charge in [0, 0.05) is 19.3 Å². The van der Waals surface area contributed by atoms with Gasteiger partial charge in [0.1, 0.15) is 18.8 Å². The Morgan fingerprint density at radius 1 is 0.466 bits per heavy atom. The number of carboxylic acids is 1. The number of rotatable bonds is 47.